The average Bonchev–Trinajstić information content (AvgIpc) is 3.25. The van der Waals surface area contributed by atoms with E-state index in [1.165, 1.54) is 30.3 Å². The van der Waals surface area contributed by atoms with Crippen molar-refractivity contribution in [2.45, 2.75) is 37.8 Å². The van der Waals surface area contributed by atoms with Gasteiger partial charge in [0, 0.05) is 51.4 Å². The molecule has 1 fully saturated rings. The van der Waals surface area contributed by atoms with Gasteiger partial charge in [0.25, 0.3) is 0 Å². The summed E-state index contributed by atoms with van der Waals surface area (Å²) in [4.78, 5) is 31.9. The Morgan fingerprint density at radius 2 is 1.74 bits per heavy atom. The maximum Gasteiger partial charge on any atom is 0.228 e. The molecule has 5 rings (SSSR count). The van der Waals surface area contributed by atoms with E-state index in [2.05, 4.69) is 27.6 Å². The molecule has 198 valence electrons. The molecule has 6 nitrogen and oxygen atoms in total. The number of benzene rings is 3. The fraction of sp³-hybridized carbons (Fsp3) is 0.310. The molecule has 1 aliphatic rings. The van der Waals surface area contributed by atoms with E-state index in [0.717, 1.165) is 42.2 Å². The normalized spacial score (nSPS) is 15.6. The lowest BCUT2D eigenvalue weighted by molar-refractivity contribution is -0.128. The van der Waals surface area contributed by atoms with Gasteiger partial charge in [-0.05, 0) is 81.0 Å². The highest BCUT2D eigenvalue weighted by Gasteiger charge is 2.27. The van der Waals surface area contributed by atoms with Gasteiger partial charge in [-0.3, -0.25) is 9.59 Å². The summed E-state index contributed by atoms with van der Waals surface area (Å²) in [5.41, 5.74) is 2.27. The summed E-state index contributed by atoms with van der Waals surface area (Å²) < 4.78 is 28.0. The van der Waals surface area contributed by atoms with E-state index in [1.807, 2.05) is 18.2 Å². The largest absolute Gasteiger partial charge is 0.354 e. The number of carbonyl (C=O) groups excluding carboxylic acids is 2. The van der Waals surface area contributed by atoms with E-state index in [0.29, 0.717) is 16.1 Å². The molecular formula is C29H29ClF2N4O2. The van der Waals surface area contributed by atoms with Crippen molar-refractivity contribution >= 4 is 45.2 Å². The molecular weight excluding hydrogens is 510 g/mol. The van der Waals surface area contributed by atoms with Crippen molar-refractivity contribution in [1.82, 2.24) is 20.5 Å². The molecule has 3 N–H and O–H groups in total. The third-order valence-electron chi connectivity index (χ3n) is 7.24. The highest BCUT2D eigenvalue weighted by atomic mass is 35.5. The fourth-order valence-electron chi connectivity index (χ4n) is 5.09. The smallest absolute Gasteiger partial charge is 0.228 e. The second kappa shape index (κ2) is 11.1. The number of hydrogen-bond donors (Lipinski definition) is 3. The fourth-order valence-corrected chi connectivity index (χ4v) is 5.28. The molecule has 38 heavy (non-hydrogen) atoms. The lowest BCUT2D eigenvalue weighted by atomic mass is 9.92. The Morgan fingerprint density at radius 3 is 2.50 bits per heavy atom. The number of rotatable bonds is 7. The van der Waals surface area contributed by atoms with Crippen LogP contribution in [0.3, 0.4) is 0 Å². The molecule has 1 atom stereocenters. The van der Waals surface area contributed by atoms with Crippen LogP contribution < -0.4 is 10.6 Å². The van der Waals surface area contributed by atoms with E-state index >= 15 is 0 Å². The summed E-state index contributed by atoms with van der Waals surface area (Å²) >= 11 is 6.00. The van der Waals surface area contributed by atoms with E-state index in [-0.39, 0.29) is 36.3 Å². The number of halogens is 3. The lowest BCUT2D eigenvalue weighted by Crippen LogP contribution is -2.44. The maximum atomic E-state index is 14.2. The van der Waals surface area contributed by atoms with Crippen molar-refractivity contribution in [3.63, 3.8) is 0 Å². The summed E-state index contributed by atoms with van der Waals surface area (Å²) in [5.74, 6) is -2.24. The number of carbonyl (C=O) groups is 2. The summed E-state index contributed by atoms with van der Waals surface area (Å²) in [5, 5.41) is 7.98. The number of hydrogen-bond acceptors (Lipinski definition) is 3. The topological polar surface area (TPSA) is 77.2 Å². The van der Waals surface area contributed by atoms with E-state index < -0.39 is 17.6 Å². The Hall–Kier alpha value is -3.49. The molecule has 1 aromatic heterocycles. The van der Waals surface area contributed by atoms with Gasteiger partial charge in [-0.25, -0.2) is 8.78 Å². The Kier molecular flexibility index (Phi) is 7.63. The SMILES string of the molecule is CN1CCC(NC(=O)CC(C(=O)NCc2cc(Cl)ccc2F)c2ccc3c(c2)[nH]c2cc(F)ccc23)CC1. The minimum Gasteiger partial charge on any atom is -0.354 e. The van der Waals surface area contributed by atoms with Crippen LogP contribution in [0.2, 0.25) is 5.02 Å². The number of aromatic nitrogens is 1. The lowest BCUT2D eigenvalue weighted by Gasteiger charge is -2.30. The van der Waals surface area contributed by atoms with Gasteiger partial charge in [-0.2, -0.15) is 0 Å². The summed E-state index contributed by atoms with van der Waals surface area (Å²) in [7, 11) is 2.05. The summed E-state index contributed by atoms with van der Waals surface area (Å²) in [6.45, 7) is 1.74. The highest BCUT2D eigenvalue weighted by molar-refractivity contribution is 6.30. The molecule has 0 radical (unpaired) electrons. The van der Waals surface area contributed by atoms with Crippen LogP contribution in [-0.2, 0) is 16.1 Å². The van der Waals surface area contributed by atoms with Gasteiger partial charge in [0.1, 0.15) is 11.6 Å². The van der Waals surface area contributed by atoms with Crippen LogP contribution >= 0.6 is 11.6 Å². The van der Waals surface area contributed by atoms with Crippen molar-refractivity contribution in [3.05, 3.63) is 82.4 Å². The second-order valence-corrected chi connectivity index (χ2v) is 10.4. The first-order valence-corrected chi connectivity index (χ1v) is 13.0. The van der Waals surface area contributed by atoms with Gasteiger partial charge in [-0.15, -0.1) is 0 Å². The van der Waals surface area contributed by atoms with Crippen molar-refractivity contribution in [2.75, 3.05) is 20.1 Å². The third kappa shape index (κ3) is 5.81. The van der Waals surface area contributed by atoms with Crippen molar-refractivity contribution in [3.8, 4) is 0 Å². The quantitative estimate of drug-likeness (QED) is 0.301. The molecule has 0 spiro atoms. The molecule has 0 saturated carbocycles. The van der Waals surface area contributed by atoms with Gasteiger partial charge < -0.3 is 20.5 Å². The number of nitrogens with zero attached hydrogens (tertiary/aromatic N) is 1. The van der Waals surface area contributed by atoms with Gasteiger partial charge in [0.15, 0.2) is 0 Å². The predicted octanol–water partition coefficient (Wildman–Crippen LogP) is 5.25. The molecule has 9 heteroatoms. The number of H-pyrrole nitrogens is 1. The minimum absolute atomic E-state index is 0.0590. The first-order valence-electron chi connectivity index (χ1n) is 12.7. The van der Waals surface area contributed by atoms with Gasteiger partial charge in [0.2, 0.25) is 11.8 Å². The number of amides is 2. The van der Waals surface area contributed by atoms with Crippen LogP contribution in [-0.4, -0.2) is 47.9 Å². The standard InChI is InChI=1S/C29H29ClF2N4O2/c1-36-10-8-21(9-11-36)34-28(37)15-24(29(38)33-16-18-12-19(30)3-7-25(18)32)17-2-5-22-23-6-4-20(31)14-27(23)35-26(22)13-17/h2-7,12-14,21,24,35H,8-11,15-16H2,1H3,(H,33,38)(H,34,37). The zero-order valence-corrected chi connectivity index (χ0v) is 21.7. The van der Waals surface area contributed by atoms with Crippen LogP contribution in [0.25, 0.3) is 21.8 Å². The molecule has 4 aromatic rings. The summed E-state index contributed by atoms with van der Waals surface area (Å²) in [6, 6.07) is 14.3. The van der Waals surface area contributed by atoms with E-state index in [1.54, 1.807) is 6.07 Å². The van der Waals surface area contributed by atoms with Gasteiger partial charge in [0.05, 0.1) is 5.92 Å². The van der Waals surface area contributed by atoms with Gasteiger partial charge >= 0.3 is 0 Å². The number of aromatic amines is 1. The van der Waals surface area contributed by atoms with Crippen LogP contribution in [0.15, 0.2) is 54.6 Å². The minimum atomic E-state index is -0.809. The number of piperidine rings is 1. The van der Waals surface area contributed by atoms with E-state index in [4.69, 9.17) is 11.6 Å². The molecule has 0 aliphatic carbocycles. The molecule has 2 heterocycles. The van der Waals surface area contributed by atoms with E-state index in [9.17, 15) is 18.4 Å². The molecule has 1 unspecified atom stereocenters. The molecule has 3 aromatic carbocycles. The predicted molar refractivity (Wildman–Crippen MR) is 145 cm³/mol. The van der Waals surface area contributed by atoms with Crippen LogP contribution in [0, 0.1) is 11.6 Å². The monoisotopic (exact) mass is 538 g/mol. The van der Waals surface area contributed by atoms with Crippen molar-refractivity contribution in [1.29, 1.82) is 0 Å². The van der Waals surface area contributed by atoms with Crippen molar-refractivity contribution < 1.29 is 18.4 Å². The Labute approximate surface area is 224 Å². The Balaban J connectivity index is 1.40. The zero-order chi connectivity index (χ0) is 26.8. The molecule has 1 saturated heterocycles. The molecule has 1 aliphatic heterocycles. The van der Waals surface area contributed by atoms with Crippen LogP contribution in [0.4, 0.5) is 8.78 Å². The molecule has 0 bridgehead atoms. The van der Waals surface area contributed by atoms with Crippen LogP contribution in [0.1, 0.15) is 36.3 Å². The van der Waals surface area contributed by atoms with Gasteiger partial charge in [-0.1, -0.05) is 23.7 Å². The second-order valence-electron chi connectivity index (χ2n) is 9.98. The first kappa shape index (κ1) is 26.1. The number of fused-ring (bicyclic) bond motifs is 3. The Morgan fingerprint density at radius 1 is 1.03 bits per heavy atom. The number of likely N-dealkylation sites (tertiary alicyclic amines) is 1. The highest BCUT2D eigenvalue weighted by Crippen LogP contribution is 2.30. The first-order chi connectivity index (χ1) is 18.3. The average molecular weight is 539 g/mol. The van der Waals surface area contributed by atoms with Crippen molar-refractivity contribution in [2.24, 2.45) is 0 Å². The third-order valence-corrected chi connectivity index (χ3v) is 7.47. The van der Waals surface area contributed by atoms with Crippen LogP contribution in [0.5, 0.6) is 0 Å². The zero-order valence-electron chi connectivity index (χ0n) is 21.0. The summed E-state index contributed by atoms with van der Waals surface area (Å²) in [6.07, 6.45) is 1.64. The number of nitrogens with one attached hydrogen (secondary N) is 3. The Bertz CT molecular complexity index is 1500. The molecule has 2 amide bonds. The maximum absolute atomic E-state index is 14.2.